The standard InChI is InChI=1S/C21H17N3O2/c25-20(14-8-2-1-3-9-14)21(26)24-23-19-15-10-4-6-12-17(15)22-18-13-7-5-11-16(18)19/h1-13,20,25H,(H,22,23)(H,24,26)/t20-/m0/s1. The van der Waals surface area contributed by atoms with Crippen LogP contribution >= 0.6 is 0 Å². The van der Waals surface area contributed by atoms with Gasteiger partial charge in [-0.1, -0.05) is 66.7 Å². The van der Waals surface area contributed by atoms with Crippen molar-refractivity contribution in [3.05, 3.63) is 84.4 Å². The molecule has 0 aliphatic heterocycles. The van der Waals surface area contributed by atoms with Gasteiger partial charge in [-0.3, -0.25) is 15.6 Å². The van der Waals surface area contributed by atoms with E-state index in [1.54, 1.807) is 24.3 Å². The van der Waals surface area contributed by atoms with Crippen LogP contribution in [0.3, 0.4) is 0 Å². The summed E-state index contributed by atoms with van der Waals surface area (Å²) in [5, 5.41) is 12.0. The first-order chi connectivity index (χ1) is 12.7. The van der Waals surface area contributed by atoms with Crippen LogP contribution in [0.4, 0.5) is 5.69 Å². The largest absolute Gasteiger partial charge is 0.378 e. The minimum atomic E-state index is -1.25. The SMILES string of the molecule is O=C(NNc1c2ccccc2nc2ccccc12)[C@@H](O)c1ccccc1. The van der Waals surface area contributed by atoms with Gasteiger partial charge in [-0.25, -0.2) is 4.98 Å². The molecule has 26 heavy (non-hydrogen) atoms. The number of aliphatic hydroxyl groups excluding tert-OH is 1. The normalized spacial score (nSPS) is 12.0. The molecule has 0 aliphatic rings. The number of aliphatic hydroxyl groups is 1. The first kappa shape index (κ1) is 16.1. The Bertz CT molecular complexity index is 1030. The van der Waals surface area contributed by atoms with Gasteiger partial charge in [-0.2, -0.15) is 0 Å². The zero-order valence-electron chi connectivity index (χ0n) is 13.9. The highest BCUT2D eigenvalue weighted by atomic mass is 16.3. The molecule has 5 nitrogen and oxygen atoms in total. The Morgan fingerprint density at radius 3 is 1.96 bits per heavy atom. The fourth-order valence-corrected chi connectivity index (χ4v) is 2.95. The highest BCUT2D eigenvalue weighted by Crippen LogP contribution is 2.30. The number of rotatable bonds is 4. The van der Waals surface area contributed by atoms with E-state index in [0.29, 0.717) is 5.56 Å². The van der Waals surface area contributed by atoms with Crippen molar-refractivity contribution in [3.8, 4) is 0 Å². The van der Waals surface area contributed by atoms with Gasteiger partial charge in [0.05, 0.1) is 16.7 Å². The van der Waals surface area contributed by atoms with Crippen LogP contribution < -0.4 is 10.9 Å². The van der Waals surface area contributed by atoms with E-state index in [1.165, 1.54) is 0 Å². The molecule has 0 saturated carbocycles. The van der Waals surface area contributed by atoms with Crippen LogP contribution in [0.2, 0.25) is 0 Å². The molecule has 0 fully saturated rings. The number of hydrogen-bond acceptors (Lipinski definition) is 4. The fraction of sp³-hybridized carbons (Fsp3) is 0.0476. The molecule has 0 spiro atoms. The van der Waals surface area contributed by atoms with E-state index in [0.717, 1.165) is 27.5 Å². The predicted octanol–water partition coefficient (Wildman–Crippen LogP) is 3.56. The van der Waals surface area contributed by atoms with Gasteiger partial charge in [0.1, 0.15) is 0 Å². The lowest BCUT2D eigenvalue weighted by molar-refractivity contribution is -0.129. The molecule has 0 aliphatic carbocycles. The molecule has 1 atom stereocenters. The number of benzene rings is 3. The highest BCUT2D eigenvalue weighted by Gasteiger charge is 2.17. The van der Waals surface area contributed by atoms with Crippen molar-refractivity contribution in [2.24, 2.45) is 0 Å². The first-order valence-corrected chi connectivity index (χ1v) is 8.30. The Kier molecular flexibility index (Phi) is 4.21. The second kappa shape index (κ2) is 6.82. The number of aromatic nitrogens is 1. The van der Waals surface area contributed by atoms with Crippen LogP contribution in [0.1, 0.15) is 11.7 Å². The van der Waals surface area contributed by atoms with E-state index in [4.69, 9.17) is 0 Å². The summed E-state index contributed by atoms with van der Waals surface area (Å²) >= 11 is 0. The van der Waals surface area contributed by atoms with Crippen molar-refractivity contribution in [1.29, 1.82) is 0 Å². The van der Waals surface area contributed by atoms with Gasteiger partial charge in [0.15, 0.2) is 6.10 Å². The number of carbonyl (C=O) groups excluding carboxylic acids is 1. The number of carbonyl (C=O) groups is 1. The van der Waals surface area contributed by atoms with E-state index < -0.39 is 12.0 Å². The van der Waals surface area contributed by atoms with Crippen molar-refractivity contribution in [1.82, 2.24) is 10.4 Å². The molecule has 5 heteroatoms. The first-order valence-electron chi connectivity index (χ1n) is 8.30. The van der Waals surface area contributed by atoms with E-state index in [9.17, 15) is 9.90 Å². The summed E-state index contributed by atoms with van der Waals surface area (Å²) in [5.74, 6) is -0.527. The maximum absolute atomic E-state index is 12.3. The summed E-state index contributed by atoms with van der Waals surface area (Å²) in [7, 11) is 0. The summed E-state index contributed by atoms with van der Waals surface area (Å²) in [4.78, 5) is 17.0. The van der Waals surface area contributed by atoms with Crippen LogP contribution in [-0.4, -0.2) is 16.0 Å². The average molecular weight is 343 g/mol. The number of hydrazine groups is 1. The molecule has 1 amide bonds. The molecule has 4 aromatic rings. The highest BCUT2D eigenvalue weighted by molar-refractivity contribution is 6.07. The summed E-state index contributed by atoms with van der Waals surface area (Å²) < 4.78 is 0. The molecule has 0 bridgehead atoms. The lowest BCUT2D eigenvalue weighted by Gasteiger charge is -2.16. The zero-order chi connectivity index (χ0) is 17.9. The summed E-state index contributed by atoms with van der Waals surface area (Å²) in [6, 6.07) is 24.2. The van der Waals surface area contributed by atoms with Crippen molar-refractivity contribution in [2.45, 2.75) is 6.10 Å². The molecule has 128 valence electrons. The third kappa shape index (κ3) is 2.96. The summed E-state index contributed by atoms with van der Waals surface area (Å²) in [6.45, 7) is 0. The topological polar surface area (TPSA) is 74.2 Å². The molecule has 0 radical (unpaired) electrons. The number of nitrogens with zero attached hydrogens (tertiary/aromatic N) is 1. The lowest BCUT2D eigenvalue weighted by Crippen LogP contribution is -2.34. The number of fused-ring (bicyclic) bond motifs is 2. The molecule has 3 aromatic carbocycles. The van der Waals surface area contributed by atoms with Gasteiger partial charge in [-0.15, -0.1) is 0 Å². The van der Waals surface area contributed by atoms with E-state index in [2.05, 4.69) is 15.8 Å². The lowest BCUT2D eigenvalue weighted by atomic mass is 10.1. The second-order valence-electron chi connectivity index (χ2n) is 5.95. The van der Waals surface area contributed by atoms with Gasteiger partial charge in [0.2, 0.25) is 0 Å². The Morgan fingerprint density at radius 1 is 0.808 bits per heavy atom. The van der Waals surface area contributed by atoms with E-state index >= 15 is 0 Å². The number of hydrogen-bond donors (Lipinski definition) is 3. The van der Waals surface area contributed by atoms with Crippen LogP contribution in [0.15, 0.2) is 78.9 Å². The predicted molar refractivity (Wildman–Crippen MR) is 102 cm³/mol. The second-order valence-corrected chi connectivity index (χ2v) is 5.95. The molecule has 0 unspecified atom stereocenters. The van der Waals surface area contributed by atoms with Crippen LogP contribution in [0.25, 0.3) is 21.8 Å². The Hall–Kier alpha value is -3.44. The van der Waals surface area contributed by atoms with Gasteiger partial charge >= 0.3 is 0 Å². The molecular weight excluding hydrogens is 326 g/mol. The maximum atomic E-state index is 12.3. The van der Waals surface area contributed by atoms with Crippen molar-refractivity contribution >= 4 is 33.4 Å². The van der Waals surface area contributed by atoms with Gasteiger partial charge in [0, 0.05) is 10.8 Å². The number of pyridine rings is 1. The molecule has 4 rings (SSSR count). The molecule has 1 heterocycles. The van der Waals surface area contributed by atoms with E-state index in [1.807, 2.05) is 54.6 Å². The molecule has 1 aromatic heterocycles. The maximum Gasteiger partial charge on any atom is 0.271 e. The molecule has 3 N–H and O–H groups in total. The van der Waals surface area contributed by atoms with Crippen molar-refractivity contribution in [2.75, 3.05) is 5.43 Å². The Balaban J connectivity index is 1.67. The average Bonchev–Trinajstić information content (AvgIpc) is 2.71. The third-order valence-electron chi connectivity index (χ3n) is 4.26. The molecular formula is C21H17N3O2. The Labute approximate surface area is 150 Å². The van der Waals surface area contributed by atoms with Gasteiger partial charge < -0.3 is 5.11 Å². The summed E-state index contributed by atoms with van der Waals surface area (Å²) in [5.41, 5.74) is 8.54. The quantitative estimate of drug-likeness (QED) is 0.391. The number of nitrogens with one attached hydrogen (secondary N) is 2. The minimum Gasteiger partial charge on any atom is -0.378 e. The minimum absolute atomic E-state index is 0.527. The number of para-hydroxylation sites is 2. The summed E-state index contributed by atoms with van der Waals surface area (Å²) in [6.07, 6.45) is -1.25. The smallest absolute Gasteiger partial charge is 0.271 e. The van der Waals surface area contributed by atoms with E-state index in [-0.39, 0.29) is 0 Å². The number of amides is 1. The van der Waals surface area contributed by atoms with Crippen LogP contribution in [0, 0.1) is 0 Å². The van der Waals surface area contributed by atoms with Crippen molar-refractivity contribution in [3.63, 3.8) is 0 Å². The van der Waals surface area contributed by atoms with Gasteiger partial charge in [-0.05, 0) is 17.7 Å². The van der Waals surface area contributed by atoms with Crippen molar-refractivity contribution < 1.29 is 9.90 Å². The molecule has 0 saturated heterocycles. The van der Waals surface area contributed by atoms with Gasteiger partial charge in [0.25, 0.3) is 5.91 Å². The van der Waals surface area contributed by atoms with Crippen LogP contribution in [-0.2, 0) is 4.79 Å². The fourth-order valence-electron chi connectivity index (χ4n) is 2.95. The third-order valence-corrected chi connectivity index (χ3v) is 4.26. The monoisotopic (exact) mass is 343 g/mol. The van der Waals surface area contributed by atoms with Crippen LogP contribution in [0.5, 0.6) is 0 Å². The number of anilines is 1. The Morgan fingerprint density at radius 2 is 1.35 bits per heavy atom. The zero-order valence-corrected chi connectivity index (χ0v) is 13.9.